The highest BCUT2D eigenvalue weighted by Gasteiger charge is 2.31. The minimum atomic E-state index is -1.00. The van der Waals surface area contributed by atoms with E-state index in [1.165, 1.54) is 7.11 Å². The van der Waals surface area contributed by atoms with E-state index in [0.29, 0.717) is 0 Å². The number of carbonyl (C=O) groups excluding carboxylic acids is 1. The molecule has 0 aromatic heterocycles. The molecule has 0 heterocycles. The summed E-state index contributed by atoms with van der Waals surface area (Å²) >= 11 is 0. The number of nitrogens with one attached hydrogen (secondary N) is 1. The van der Waals surface area contributed by atoms with Gasteiger partial charge in [-0.25, -0.2) is 8.78 Å². The summed E-state index contributed by atoms with van der Waals surface area (Å²) in [5, 5.41) is 2.82. The van der Waals surface area contributed by atoms with Crippen LogP contribution in [0, 0.1) is 11.6 Å². The summed E-state index contributed by atoms with van der Waals surface area (Å²) in [5.41, 5.74) is -0.898. The summed E-state index contributed by atoms with van der Waals surface area (Å²) in [6.07, 6.45) is -0.0830. The lowest BCUT2D eigenvalue weighted by molar-refractivity contribution is -0.142. The third-order valence-corrected chi connectivity index (χ3v) is 2.80. The van der Waals surface area contributed by atoms with E-state index < -0.39 is 23.1 Å². The summed E-state index contributed by atoms with van der Waals surface area (Å²) in [4.78, 5) is 11.3. The second-order valence-electron chi connectivity index (χ2n) is 3.96. The summed E-state index contributed by atoms with van der Waals surface area (Å²) in [5.74, 6) is -1.61. The van der Waals surface area contributed by atoms with Gasteiger partial charge in [0.1, 0.15) is 11.6 Å². The quantitative estimate of drug-likeness (QED) is 0.821. The van der Waals surface area contributed by atoms with Crippen LogP contribution in [0.4, 0.5) is 8.78 Å². The molecular formula is C12H15F2NO2. The SMILES string of the molecule is CNC(C)(CC(=O)OC)c1cc(F)ccc1F. The smallest absolute Gasteiger partial charge is 0.307 e. The van der Waals surface area contributed by atoms with Crippen molar-refractivity contribution in [3.8, 4) is 0 Å². The zero-order valence-corrected chi connectivity index (χ0v) is 10.0. The third-order valence-electron chi connectivity index (χ3n) is 2.80. The maximum absolute atomic E-state index is 13.6. The van der Waals surface area contributed by atoms with E-state index in [4.69, 9.17) is 0 Å². The highest BCUT2D eigenvalue weighted by atomic mass is 19.1. The van der Waals surface area contributed by atoms with Gasteiger partial charge in [-0.05, 0) is 32.2 Å². The first-order chi connectivity index (χ1) is 7.92. The number of esters is 1. The standard InChI is InChI=1S/C12H15F2NO2/c1-12(15-2,7-11(16)17-3)9-6-8(13)4-5-10(9)14/h4-6,15H,7H2,1-3H3. The molecule has 94 valence electrons. The molecule has 0 saturated heterocycles. The molecule has 0 aliphatic heterocycles. The van der Waals surface area contributed by atoms with E-state index in [1.807, 2.05) is 0 Å². The summed E-state index contributed by atoms with van der Waals surface area (Å²) in [7, 11) is 2.83. The molecule has 1 unspecified atom stereocenters. The zero-order valence-electron chi connectivity index (χ0n) is 10.0. The molecule has 0 aliphatic carbocycles. The van der Waals surface area contributed by atoms with Gasteiger partial charge in [-0.1, -0.05) is 0 Å². The molecule has 1 N–H and O–H groups in total. The Kier molecular flexibility index (Phi) is 4.17. The van der Waals surface area contributed by atoms with E-state index in [1.54, 1.807) is 14.0 Å². The van der Waals surface area contributed by atoms with Crippen molar-refractivity contribution in [2.45, 2.75) is 18.9 Å². The molecule has 0 fully saturated rings. The molecule has 1 rings (SSSR count). The van der Waals surface area contributed by atoms with Gasteiger partial charge < -0.3 is 10.1 Å². The lowest BCUT2D eigenvalue weighted by atomic mass is 9.88. The van der Waals surface area contributed by atoms with Gasteiger partial charge in [0, 0.05) is 5.56 Å². The van der Waals surface area contributed by atoms with Gasteiger partial charge in [-0.15, -0.1) is 0 Å². The van der Waals surface area contributed by atoms with Crippen molar-refractivity contribution < 1.29 is 18.3 Å². The molecule has 1 aromatic carbocycles. The van der Waals surface area contributed by atoms with E-state index >= 15 is 0 Å². The second-order valence-corrected chi connectivity index (χ2v) is 3.96. The van der Waals surface area contributed by atoms with Crippen LogP contribution in [0.25, 0.3) is 0 Å². The van der Waals surface area contributed by atoms with Gasteiger partial charge in [0.25, 0.3) is 0 Å². The largest absolute Gasteiger partial charge is 0.469 e. The summed E-state index contributed by atoms with van der Waals surface area (Å²) in [6.45, 7) is 1.61. The first kappa shape index (κ1) is 13.6. The van der Waals surface area contributed by atoms with E-state index in [2.05, 4.69) is 10.1 Å². The maximum Gasteiger partial charge on any atom is 0.307 e. The molecule has 0 bridgehead atoms. The molecule has 0 radical (unpaired) electrons. The van der Waals surface area contributed by atoms with Gasteiger partial charge in [0.2, 0.25) is 0 Å². The van der Waals surface area contributed by atoms with Crippen LogP contribution in [0.3, 0.4) is 0 Å². The monoisotopic (exact) mass is 243 g/mol. The highest BCUT2D eigenvalue weighted by Crippen LogP contribution is 2.27. The van der Waals surface area contributed by atoms with Crippen molar-refractivity contribution in [2.24, 2.45) is 0 Å². The van der Waals surface area contributed by atoms with Crippen molar-refractivity contribution in [3.63, 3.8) is 0 Å². The molecule has 3 nitrogen and oxygen atoms in total. The number of hydrogen-bond acceptors (Lipinski definition) is 3. The molecule has 0 aliphatic rings. The van der Waals surface area contributed by atoms with Crippen LogP contribution in [0.15, 0.2) is 18.2 Å². The first-order valence-electron chi connectivity index (χ1n) is 5.14. The first-order valence-corrected chi connectivity index (χ1v) is 5.14. The van der Waals surface area contributed by atoms with Crippen molar-refractivity contribution in [1.82, 2.24) is 5.32 Å². The van der Waals surface area contributed by atoms with E-state index in [9.17, 15) is 13.6 Å². The molecule has 1 aromatic rings. The highest BCUT2D eigenvalue weighted by molar-refractivity contribution is 5.71. The number of carbonyl (C=O) groups is 1. The van der Waals surface area contributed by atoms with Crippen LogP contribution in [-0.2, 0) is 15.1 Å². The van der Waals surface area contributed by atoms with Crippen molar-refractivity contribution in [2.75, 3.05) is 14.2 Å². The summed E-state index contributed by atoms with van der Waals surface area (Å²) in [6, 6.07) is 3.15. The van der Waals surface area contributed by atoms with Crippen LogP contribution in [0.5, 0.6) is 0 Å². The lowest BCUT2D eigenvalue weighted by Gasteiger charge is -2.29. The van der Waals surface area contributed by atoms with Crippen molar-refractivity contribution in [1.29, 1.82) is 0 Å². The number of halogens is 2. The predicted octanol–water partition coefficient (Wildman–Crippen LogP) is 1.96. The Balaban J connectivity index is 3.15. The maximum atomic E-state index is 13.6. The minimum absolute atomic E-state index is 0.0830. The topological polar surface area (TPSA) is 38.3 Å². The van der Waals surface area contributed by atoms with Gasteiger partial charge in [-0.3, -0.25) is 4.79 Å². The minimum Gasteiger partial charge on any atom is -0.469 e. The Morgan fingerprint density at radius 1 is 1.47 bits per heavy atom. The number of ether oxygens (including phenoxy) is 1. The van der Waals surface area contributed by atoms with Crippen LogP contribution >= 0.6 is 0 Å². The van der Waals surface area contributed by atoms with Gasteiger partial charge in [0.15, 0.2) is 0 Å². The molecular weight excluding hydrogens is 228 g/mol. The van der Waals surface area contributed by atoms with Gasteiger partial charge in [-0.2, -0.15) is 0 Å². The number of rotatable bonds is 4. The van der Waals surface area contributed by atoms with Crippen molar-refractivity contribution >= 4 is 5.97 Å². The molecule has 0 amide bonds. The van der Waals surface area contributed by atoms with Crippen LogP contribution in [0.1, 0.15) is 18.9 Å². The molecule has 0 spiro atoms. The average molecular weight is 243 g/mol. The molecule has 5 heteroatoms. The van der Waals surface area contributed by atoms with Crippen LogP contribution < -0.4 is 5.32 Å². The number of benzene rings is 1. The normalized spacial score (nSPS) is 14.2. The van der Waals surface area contributed by atoms with Crippen LogP contribution in [-0.4, -0.2) is 20.1 Å². The van der Waals surface area contributed by atoms with Crippen molar-refractivity contribution in [3.05, 3.63) is 35.4 Å². The van der Waals surface area contributed by atoms with E-state index in [0.717, 1.165) is 18.2 Å². The molecule has 1 atom stereocenters. The van der Waals surface area contributed by atoms with E-state index in [-0.39, 0.29) is 12.0 Å². The predicted molar refractivity (Wildman–Crippen MR) is 59.4 cm³/mol. The Bertz CT molecular complexity index is 423. The fraction of sp³-hybridized carbons (Fsp3) is 0.417. The van der Waals surface area contributed by atoms with Crippen LogP contribution in [0.2, 0.25) is 0 Å². The number of methoxy groups -OCH3 is 1. The number of hydrogen-bond donors (Lipinski definition) is 1. The van der Waals surface area contributed by atoms with Gasteiger partial charge >= 0.3 is 5.97 Å². The fourth-order valence-electron chi connectivity index (χ4n) is 1.60. The Labute approximate surface area is 98.8 Å². The Morgan fingerprint density at radius 2 is 2.12 bits per heavy atom. The van der Waals surface area contributed by atoms with Gasteiger partial charge in [0.05, 0.1) is 19.1 Å². The lowest BCUT2D eigenvalue weighted by Crippen LogP contribution is -2.40. The Morgan fingerprint density at radius 3 is 2.65 bits per heavy atom. The Hall–Kier alpha value is -1.49. The average Bonchev–Trinajstić information content (AvgIpc) is 2.31. The molecule has 0 saturated carbocycles. The third kappa shape index (κ3) is 3.00. The summed E-state index contributed by atoms with van der Waals surface area (Å²) < 4.78 is 31.3. The molecule has 17 heavy (non-hydrogen) atoms. The fourth-order valence-corrected chi connectivity index (χ4v) is 1.60. The zero-order chi connectivity index (χ0) is 13.1. The second kappa shape index (κ2) is 5.23.